The number of nitro groups is 1. The van der Waals surface area contributed by atoms with Crippen molar-refractivity contribution < 1.29 is 14.5 Å². The molecule has 0 radical (unpaired) electrons. The van der Waals surface area contributed by atoms with Crippen LogP contribution in [-0.4, -0.2) is 17.6 Å². The molecule has 0 heterocycles. The zero-order chi connectivity index (χ0) is 13.4. The molecule has 0 spiro atoms. The fourth-order valence-corrected chi connectivity index (χ4v) is 1.37. The van der Waals surface area contributed by atoms with Gasteiger partial charge in [-0.2, -0.15) is 0 Å². The molecule has 1 aromatic carbocycles. The number of unbranched alkanes of at least 4 members (excludes halogenated alkanes) is 2. The Hall–Kier alpha value is -2.11. The molecular weight excluding hydrogens is 236 g/mol. The Kier molecular flexibility index (Phi) is 5.63. The van der Waals surface area contributed by atoms with Crippen molar-refractivity contribution in [3.8, 4) is 0 Å². The van der Waals surface area contributed by atoms with Crippen molar-refractivity contribution >= 4 is 17.5 Å². The average Bonchev–Trinajstić information content (AvgIpc) is 2.35. The third-order valence-corrected chi connectivity index (χ3v) is 2.28. The molecule has 6 nitrogen and oxygen atoms in total. The van der Waals surface area contributed by atoms with Gasteiger partial charge >= 0.3 is 6.09 Å². The molecule has 0 aromatic heterocycles. The first-order valence-corrected chi connectivity index (χ1v) is 5.81. The van der Waals surface area contributed by atoms with Crippen LogP contribution in [0, 0.1) is 10.1 Å². The zero-order valence-electron chi connectivity index (χ0n) is 10.2. The van der Waals surface area contributed by atoms with Gasteiger partial charge in [0, 0.05) is 12.1 Å². The number of hydrogen-bond acceptors (Lipinski definition) is 4. The van der Waals surface area contributed by atoms with E-state index in [2.05, 4.69) is 12.2 Å². The summed E-state index contributed by atoms with van der Waals surface area (Å²) in [5.41, 5.74) is 0.281. The van der Waals surface area contributed by atoms with Crippen LogP contribution in [0.1, 0.15) is 26.2 Å². The molecule has 0 aliphatic carbocycles. The second-order valence-corrected chi connectivity index (χ2v) is 3.78. The largest absolute Gasteiger partial charge is 0.449 e. The third kappa shape index (κ3) is 4.82. The molecule has 0 aliphatic rings. The van der Waals surface area contributed by atoms with E-state index in [4.69, 9.17) is 4.74 Å². The molecule has 1 rings (SSSR count). The topological polar surface area (TPSA) is 81.5 Å². The number of amides is 1. The molecular formula is C12H16N2O4. The molecule has 0 aliphatic heterocycles. The van der Waals surface area contributed by atoms with Gasteiger partial charge in [-0.25, -0.2) is 4.79 Å². The Morgan fingerprint density at radius 2 is 2.22 bits per heavy atom. The van der Waals surface area contributed by atoms with Crippen molar-refractivity contribution in [2.24, 2.45) is 0 Å². The van der Waals surface area contributed by atoms with E-state index in [1.807, 2.05) is 0 Å². The van der Waals surface area contributed by atoms with E-state index in [9.17, 15) is 14.9 Å². The van der Waals surface area contributed by atoms with E-state index in [-0.39, 0.29) is 5.69 Å². The normalized spacial score (nSPS) is 9.83. The molecule has 0 bridgehead atoms. The molecule has 0 saturated heterocycles. The SMILES string of the molecule is CCCCCOC(=O)Nc1cccc([N+](=O)[O-])c1. The summed E-state index contributed by atoms with van der Waals surface area (Å²) in [6.07, 6.45) is 2.28. The molecule has 1 aromatic rings. The fraction of sp³-hybridized carbons (Fsp3) is 0.417. The van der Waals surface area contributed by atoms with Crippen molar-refractivity contribution in [2.45, 2.75) is 26.2 Å². The molecule has 18 heavy (non-hydrogen) atoms. The lowest BCUT2D eigenvalue weighted by Gasteiger charge is -2.06. The quantitative estimate of drug-likeness (QED) is 0.478. The maximum atomic E-state index is 11.4. The highest BCUT2D eigenvalue weighted by Crippen LogP contribution is 2.17. The van der Waals surface area contributed by atoms with Crippen molar-refractivity contribution in [1.82, 2.24) is 0 Å². The van der Waals surface area contributed by atoms with Crippen molar-refractivity contribution in [1.29, 1.82) is 0 Å². The van der Waals surface area contributed by atoms with E-state index >= 15 is 0 Å². The first-order valence-electron chi connectivity index (χ1n) is 5.81. The van der Waals surface area contributed by atoms with Gasteiger partial charge < -0.3 is 4.74 Å². The Balaban J connectivity index is 2.44. The Morgan fingerprint density at radius 3 is 2.89 bits per heavy atom. The summed E-state index contributed by atoms with van der Waals surface area (Å²) in [6.45, 7) is 2.41. The van der Waals surface area contributed by atoms with Gasteiger partial charge in [0.25, 0.3) is 5.69 Å². The molecule has 1 amide bonds. The minimum absolute atomic E-state index is 0.0706. The third-order valence-electron chi connectivity index (χ3n) is 2.28. The van der Waals surface area contributed by atoms with Gasteiger partial charge in [-0.05, 0) is 12.5 Å². The van der Waals surface area contributed by atoms with Gasteiger partial charge in [0.05, 0.1) is 17.2 Å². The molecule has 0 unspecified atom stereocenters. The standard InChI is InChI=1S/C12H16N2O4/c1-2-3-4-8-18-12(15)13-10-6-5-7-11(9-10)14(16)17/h5-7,9H,2-4,8H2,1H3,(H,13,15). The highest BCUT2D eigenvalue weighted by atomic mass is 16.6. The Bertz CT molecular complexity index is 420. The monoisotopic (exact) mass is 252 g/mol. The predicted molar refractivity (Wildman–Crippen MR) is 67.6 cm³/mol. The lowest BCUT2D eigenvalue weighted by atomic mass is 10.3. The van der Waals surface area contributed by atoms with Crippen LogP contribution in [0.15, 0.2) is 24.3 Å². The van der Waals surface area contributed by atoms with Crippen LogP contribution in [0.2, 0.25) is 0 Å². The number of ether oxygens (including phenoxy) is 1. The van der Waals surface area contributed by atoms with Crippen LogP contribution in [0.4, 0.5) is 16.2 Å². The van der Waals surface area contributed by atoms with E-state index in [1.165, 1.54) is 18.2 Å². The summed E-state index contributed by atoms with van der Waals surface area (Å²) in [5.74, 6) is 0. The molecule has 1 N–H and O–H groups in total. The van der Waals surface area contributed by atoms with E-state index < -0.39 is 11.0 Å². The van der Waals surface area contributed by atoms with Crippen LogP contribution in [-0.2, 0) is 4.74 Å². The number of carbonyl (C=O) groups excluding carboxylic acids is 1. The molecule has 6 heteroatoms. The summed E-state index contributed by atoms with van der Waals surface area (Å²) in [4.78, 5) is 21.4. The van der Waals surface area contributed by atoms with Crippen molar-refractivity contribution in [2.75, 3.05) is 11.9 Å². The number of carbonyl (C=O) groups is 1. The molecule has 0 saturated carbocycles. The van der Waals surface area contributed by atoms with Crippen LogP contribution in [0.5, 0.6) is 0 Å². The number of anilines is 1. The minimum atomic E-state index is -0.591. The van der Waals surface area contributed by atoms with Gasteiger partial charge in [0.15, 0.2) is 0 Å². The lowest BCUT2D eigenvalue weighted by Crippen LogP contribution is -2.14. The van der Waals surface area contributed by atoms with E-state index in [0.29, 0.717) is 12.3 Å². The van der Waals surface area contributed by atoms with Crippen molar-refractivity contribution in [3.05, 3.63) is 34.4 Å². The molecule has 0 atom stereocenters. The molecule has 98 valence electrons. The van der Waals surface area contributed by atoms with E-state index in [1.54, 1.807) is 6.07 Å². The number of non-ortho nitro benzene ring substituents is 1. The average molecular weight is 252 g/mol. The second-order valence-electron chi connectivity index (χ2n) is 3.78. The summed E-state index contributed by atoms with van der Waals surface area (Å²) in [6, 6.07) is 5.72. The highest BCUT2D eigenvalue weighted by molar-refractivity contribution is 5.85. The first-order chi connectivity index (χ1) is 8.63. The van der Waals surface area contributed by atoms with E-state index in [0.717, 1.165) is 19.3 Å². The minimum Gasteiger partial charge on any atom is -0.449 e. The summed E-state index contributed by atoms with van der Waals surface area (Å²) >= 11 is 0. The van der Waals surface area contributed by atoms with Gasteiger partial charge in [0.1, 0.15) is 0 Å². The predicted octanol–water partition coefficient (Wildman–Crippen LogP) is 3.33. The van der Waals surface area contributed by atoms with Crippen LogP contribution in [0.3, 0.4) is 0 Å². The van der Waals surface area contributed by atoms with Crippen LogP contribution >= 0.6 is 0 Å². The van der Waals surface area contributed by atoms with Crippen LogP contribution < -0.4 is 5.32 Å². The first kappa shape index (κ1) is 14.0. The number of nitrogens with zero attached hydrogens (tertiary/aromatic N) is 1. The summed E-state index contributed by atoms with van der Waals surface area (Å²) < 4.78 is 4.93. The van der Waals surface area contributed by atoms with Gasteiger partial charge in [-0.1, -0.05) is 25.8 Å². The Labute approximate surface area is 105 Å². The smallest absolute Gasteiger partial charge is 0.411 e. The highest BCUT2D eigenvalue weighted by Gasteiger charge is 2.08. The van der Waals surface area contributed by atoms with Gasteiger partial charge in [-0.15, -0.1) is 0 Å². The Morgan fingerprint density at radius 1 is 1.44 bits per heavy atom. The maximum absolute atomic E-state index is 11.4. The number of hydrogen-bond donors (Lipinski definition) is 1. The summed E-state index contributed by atoms with van der Waals surface area (Å²) in [7, 11) is 0. The second kappa shape index (κ2) is 7.26. The number of nitro benzene ring substituents is 1. The van der Waals surface area contributed by atoms with Gasteiger partial charge in [0.2, 0.25) is 0 Å². The van der Waals surface area contributed by atoms with Crippen molar-refractivity contribution in [3.63, 3.8) is 0 Å². The molecule has 0 fully saturated rings. The number of nitrogens with one attached hydrogen (secondary N) is 1. The zero-order valence-corrected chi connectivity index (χ0v) is 10.2. The summed E-state index contributed by atoms with van der Waals surface area (Å²) in [5, 5.41) is 13.0. The van der Waals surface area contributed by atoms with Gasteiger partial charge in [-0.3, -0.25) is 15.4 Å². The number of benzene rings is 1. The maximum Gasteiger partial charge on any atom is 0.411 e. The fourth-order valence-electron chi connectivity index (χ4n) is 1.37. The number of rotatable bonds is 6. The van der Waals surface area contributed by atoms with Crippen LogP contribution in [0.25, 0.3) is 0 Å². The lowest BCUT2D eigenvalue weighted by molar-refractivity contribution is -0.384.